The van der Waals surface area contributed by atoms with Crippen molar-refractivity contribution in [2.24, 2.45) is 0 Å². The van der Waals surface area contributed by atoms with Gasteiger partial charge in [-0.3, -0.25) is 0 Å². The van der Waals surface area contributed by atoms with E-state index in [1.165, 1.54) is 16.3 Å². The Bertz CT molecular complexity index is 1270. The van der Waals surface area contributed by atoms with Crippen LogP contribution in [0.25, 0.3) is 22.0 Å². The fraction of sp³-hybridized carbons (Fsp3) is 0.0741. The maximum Gasteiger partial charge on any atom is 0.206 e. The summed E-state index contributed by atoms with van der Waals surface area (Å²) in [5, 5.41) is 2.41. The van der Waals surface area contributed by atoms with E-state index in [0.717, 1.165) is 22.6 Å². The second kappa shape index (κ2) is 7.88. The van der Waals surface area contributed by atoms with Crippen molar-refractivity contribution in [2.75, 3.05) is 7.11 Å². The Kier molecular flexibility index (Phi) is 4.78. The first kappa shape index (κ1) is 18.2. The quantitative estimate of drug-likeness (QED) is 0.335. The molecule has 30 heavy (non-hydrogen) atoms. The second-order valence-corrected chi connectivity index (χ2v) is 7.21. The number of nitrogens with zero attached hydrogens (tertiary/aromatic N) is 1. The minimum Gasteiger partial charge on any atom is -0.497 e. The van der Waals surface area contributed by atoms with E-state index in [4.69, 9.17) is 14.1 Å². The smallest absolute Gasteiger partial charge is 0.206 e. The minimum atomic E-state index is -0.0932. The van der Waals surface area contributed by atoms with E-state index >= 15 is 0 Å². The summed E-state index contributed by atoms with van der Waals surface area (Å²) in [5.41, 5.74) is 4.14. The van der Waals surface area contributed by atoms with Crippen LogP contribution in [0.3, 0.4) is 0 Å². The first-order valence-corrected chi connectivity index (χ1v) is 9.96. The van der Waals surface area contributed by atoms with Crippen LogP contribution in [0.4, 0.5) is 0 Å². The number of benzene rings is 4. The van der Waals surface area contributed by atoms with Gasteiger partial charge in [0.15, 0.2) is 0 Å². The van der Waals surface area contributed by atoms with Gasteiger partial charge in [-0.15, -0.1) is 0 Å². The number of methoxy groups -OCH3 is 1. The Hall–Kier alpha value is -3.85. The average Bonchev–Trinajstić information content (AvgIpc) is 3.30. The first-order valence-electron chi connectivity index (χ1n) is 9.96. The van der Waals surface area contributed by atoms with E-state index in [0.29, 0.717) is 5.89 Å². The molecule has 0 saturated carbocycles. The fourth-order valence-corrected chi connectivity index (χ4v) is 3.92. The number of rotatable bonds is 5. The molecule has 1 atom stereocenters. The van der Waals surface area contributed by atoms with E-state index in [2.05, 4.69) is 66.7 Å². The first-order chi connectivity index (χ1) is 14.8. The molecule has 0 amide bonds. The van der Waals surface area contributed by atoms with Gasteiger partial charge in [0, 0.05) is 5.56 Å². The summed E-state index contributed by atoms with van der Waals surface area (Å²) >= 11 is 0. The fourth-order valence-electron chi connectivity index (χ4n) is 3.92. The highest BCUT2D eigenvalue weighted by atomic mass is 16.5. The second-order valence-electron chi connectivity index (χ2n) is 7.21. The molecule has 0 radical (unpaired) electrons. The van der Waals surface area contributed by atoms with Crippen molar-refractivity contribution in [1.29, 1.82) is 0 Å². The van der Waals surface area contributed by atoms with E-state index in [1.54, 1.807) is 13.4 Å². The molecule has 5 rings (SSSR count). The molecule has 146 valence electrons. The van der Waals surface area contributed by atoms with Crippen molar-refractivity contribution >= 4 is 10.8 Å². The Morgan fingerprint density at radius 2 is 1.50 bits per heavy atom. The highest BCUT2D eigenvalue weighted by Gasteiger charge is 2.24. The van der Waals surface area contributed by atoms with Crippen LogP contribution in [0.2, 0.25) is 0 Å². The van der Waals surface area contributed by atoms with Crippen molar-refractivity contribution in [2.45, 2.75) is 5.92 Å². The third-order valence-electron chi connectivity index (χ3n) is 5.42. The largest absolute Gasteiger partial charge is 0.497 e. The number of fused-ring (bicyclic) bond motifs is 1. The number of oxazole rings is 1. The van der Waals surface area contributed by atoms with Crippen LogP contribution in [0, 0.1) is 0 Å². The predicted molar refractivity (Wildman–Crippen MR) is 120 cm³/mol. The molecule has 3 nitrogen and oxygen atoms in total. The maximum absolute atomic E-state index is 6.05. The number of ether oxygens (including phenoxy) is 1. The van der Waals surface area contributed by atoms with Gasteiger partial charge in [0.05, 0.1) is 13.0 Å². The van der Waals surface area contributed by atoms with Crippen LogP contribution in [0.1, 0.15) is 22.9 Å². The van der Waals surface area contributed by atoms with Crippen molar-refractivity contribution in [3.8, 4) is 17.0 Å². The normalized spacial score (nSPS) is 12.0. The van der Waals surface area contributed by atoms with Crippen LogP contribution < -0.4 is 4.74 Å². The van der Waals surface area contributed by atoms with Gasteiger partial charge in [0.25, 0.3) is 0 Å². The van der Waals surface area contributed by atoms with E-state index in [-0.39, 0.29) is 5.92 Å². The third-order valence-corrected chi connectivity index (χ3v) is 5.42. The monoisotopic (exact) mass is 391 g/mol. The molecule has 0 aliphatic heterocycles. The molecule has 4 aromatic carbocycles. The molecule has 3 heteroatoms. The van der Waals surface area contributed by atoms with Crippen LogP contribution >= 0.6 is 0 Å². The number of hydrogen-bond donors (Lipinski definition) is 0. The molecule has 0 saturated heterocycles. The van der Waals surface area contributed by atoms with Crippen LogP contribution in [-0.4, -0.2) is 12.1 Å². The molecule has 0 spiro atoms. The molecule has 0 bridgehead atoms. The summed E-state index contributed by atoms with van der Waals surface area (Å²) in [4.78, 5) is 4.89. The van der Waals surface area contributed by atoms with E-state index in [9.17, 15) is 0 Å². The SMILES string of the molecule is COc1ccc(-c2coc(C(c3ccccc3)c3cccc4ccccc34)n2)cc1. The standard InChI is InChI=1S/C27H21NO2/c1-29-22-16-14-20(15-17-22)25-18-30-27(28-25)26(21-9-3-2-4-10-21)24-13-7-11-19-8-5-6-12-23(19)24/h2-18,26H,1H3. The molecule has 5 aromatic rings. The lowest BCUT2D eigenvalue weighted by Gasteiger charge is -2.17. The van der Waals surface area contributed by atoms with E-state index < -0.39 is 0 Å². The van der Waals surface area contributed by atoms with Gasteiger partial charge in [-0.2, -0.15) is 0 Å². The average molecular weight is 391 g/mol. The zero-order valence-electron chi connectivity index (χ0n) is 16.7. The number of hydrogen-bond acceptors (Lipinski definition) is 3. The summed E-state index contributed by atoms with van der Waals surface area (Å²) in [5.74, 6) is 1.41. The molecule has 0 aliphatic carbocycles. The summed E-state index contributed by atoms with van der Waals surface area (Å²) in [7, 11) is 1.66. The van der Waals surface area contributed by atoms with Crippen molar-refractivity contribution in [3.05, 3.63) is 120 Å². The Labute approximate surface area is 175 Å². The van der Waals surface area contributed by atoms with Crippen LogP contribution in [-0.2, 0) is 0 Å². The third kappa shape index (κ3) is 3.35. The van der Waals surface area contributed by atoms with Gasteiger partial charge < -0.3 is 9.15 Å². The molecule has 0 N–H and O–H groups in total. The molecule has 1 unspecified atom stereocenters. The molecule has 0 aliphatic rings. The van der Waals surface area contributed by atoms with Gasteiger partial charge in [-0.25, -0.2) is 4.98 Å². The Morgan fingerprint density at radius 3 is 2.30 bits per heavy atom. The summed E-state index contributed by atoms with van der Waals surface area (Å²) in [6.07, 6.45) is 1.73. The lowest BCUT2D eigenvalue weighted by Crippen LogP contribution is -2.04. The van der Waals surface area contributed by atoms with Crippen molar-refractivity contribution in [1.82, 2.24) is 4.98 Å². The topological polar surface area (TPSA) is 35.3 Å². The molecular weight excluding hydrogens is 370 g/mol. The maximum atomic E-state index is 6.05. The minimum absolute atomic E-state index is 0.0932. The zero-order valence-corrected chi connectivity index (χ0v) is 16.7. The van der Waals surface area contributed by atoms with Crippen molar-refractivity contribution < 1.29 is 9.15 Å². The van der Waals surface area contributed by atoms with Gasteiger partial charge in [0.1, 0.15) is 17.7 Å². The molecule has 1 heterocycles. The predicted octanol–water partition coefficient (Wildman–Crippen LogP) is 6.68. The Balaban J connectivity index is 1.64. The summed E-state index contributed by atoms with van der Waals surface area (Å²) < 4.78 is 11.3. The van der Waals surface area contributed by atoms with E-state index in [1.807, 2.05) is 30.3 Å². The lowest BCUT2D eigenvalue weighted by atomic mass is 9.87. The van der Waals surface area contributed by atoms with Gasteiger partial charge in [-0.1, -0.05) is 72.8 Å². The van der Waals surface area contributed by atoms with Gasteiger partial charge >= 0.3 is 0 Å². The summed E-state index contributed by atoms with van der Waals surface area (Å²) in [6.45, 7) is 0. The zero-order chi connectivity index (χ0) is 20.3. The highest BCUT2D eigenvalue weighted by molar-refractivity contribution is 5.87. The van der Waals surface area contributed by atoms with Gasteiger partial charge in [0.2, 0.25) is 5.89 Å². The Morgan fingerprint density at radius 1 is 0.767 bits per heavy atom. The van der Waals surface area contributed by atoms with Gasteiger partial charge in [-0.05, 0) is 46.2 Å². The van der Waals surface area contributed by atoms with Crippen LogP contribution in [0.15, 0.2) is 108 Å². The lowest BCUT2D eigenvalue weighted by molar-refractivity contribution is 0.415. The molecular formula is C27H21NO2. The highest BCUT2D eigenvalue weighted by Crippen LogP contribution is 2.36. The van der Waals surface area contributed by atoms with Crippen LogP contribution in [0.5, 0.6) is 5.75 Å². The number of aromatic nitrogens is 1. The summed E-state index contributed by atoms with van der Waals surface area (Å²) in [6, 6.07) is 33.1. The molecule has 1 aromatic heterocycles. The molecule has 0 fully saturated rings. The van der Waals surface area contributed by atoms with Crippen molar-refractivity contribution in [3.63, 3.8) is 0 Å².